The predicted octanol–water partition coefficient (Wildman–Crippen LogP) is 4.14. The first-order valence-electron chi connectivity index (χ1n) is 10.1. The van der Waals surface area contributed by atoms with E-state index in [4.69, 9.17) is 9.57 Å². The molecule has 2 saturated heterocycles. The van der Waals surface area contributed by atoms with Gasteiger partial charge in [0, 0.05) is 0 Å². The molecular formula is C25H22N2O4. The largest absolute Gasteiger partial charge is 0.497 e. The van der Waals surface area contributed by atoms with Crippen molar-refractivity contribution < 1.29 is 19.2 Å². The minimum Gasteiger partial charge on any atom is -0.497 e. The highest BCUT2D eigenvalue weighted by molar-refractivity contribution is 6.25. The molecule has 3 aromatic carbocycles. The Morgan fingerprint density at radius 1 is 0.839 bits per heavy atom. The van der Waals surface area contributed by atoms with E-state index in [1.807, 2.05) is 67.6 Å². The molecule has 156 valence electrons. The standard InChI is InChI=1S/C25H22N2O4/c1-25-21(17-9-5-3-6-10-17)27(19-11-7-4-8-12-19)31-22(25)23(28)26(24(25)29)18-13-15-20(30-2)16-14-18/h3-16,21-22H,1-2H3/t21-,22-,25-/m1/s1. The van der Waals surface area contributed by atoms with Crippen LogP contribution in [0.4, 0.5) is 11.4 Å². The average Bonchev–Trinajstić information content (AvgIpc) is 3.23. The molecule has 2 amide bonds. The number of rotatable bonds is 4. The Labute approximate surface area is 180 Å². The Morgan fingerprint density at radius 3 is 2.06 bits per heavy atom. The van der Waals surface area contributed by atoms with Gasteiger partial charge in [0.05, 0.1) is 24.5 Å². The van der Waals surface area contributed by atoms with Crippen molar-refractivity contribution >= 4 is 23.2 Å². The van der Waals surface area contributed by atoms with Crippen LogP contribution < -0.4 is 14.7 Å². The monoisotopic (exact) mass is 414 g/mol. The lowest BCUT2D eigenvalue weighted by Gasteiger charge is -2.32. The molecule has 3 aromatic rings. The lowest BCUT2D eigenvalue weighted by molar-refractivity contribution is -0.128. The van der Waals surface area contributed by atoms with Crippen LogP contribution in [0.25, 0.3) is 0 Å². The molecule has 0 saturated carbocycles. The summed E-state index contributed by atoms with van der Waals surface area (Å²) in [7, 11) is 1.57. The molecule has 0 N–H and O–H groups in total. The predicted molar refractivity (Wildman–Crippen MR) is 117 cm³/mol. The molecular weight excluding hydrogens is 392 g/mol. The first kappa shape index (κ1) is 19.3. The Balaban J connectivity index is 1.61. The van der Waals surface area contributed by atoms with Gasteiger partial charge < -0.3 is 4.74 Å². The molecule has 0 radical (unpaired) electrons. The molecule has 31 heavy (non-hydrogen) atoms. The number of methoxy groups -OCH3 is 1. The highest BCUT2D eigenvalue weighted by Crippen LogP contribution is 2.55. The van der Waals surface area contributed by atoms with Crippen molar-refractivity contribution in [3.8, 4) is 5.75 Å². The zero-order chi connectivity index (χ0) is 21.6. The van der Waals surface area contributed by atoms with E-state index in [0.29, 0.717) is 11.4 Å². The third-order valence-corrected chi connectivity index (χ3v) is 6.13. The number of imide groups is 1. The number of para-hydroxylation sites is 1. The van der Waals surface area contributed by atoms with Crippen LogP contribution >= 0.6 is 0 Å². The summed E-state index contributed by atoms with van der Waals surface area (Å²) < 4.78 is 5.20. The molecule has 2 aliphatic rings. The summed E-state index contributed by atoms with van der Waals surface area (Å²) in [6.45, 7) is 1.82. The molecule has 0 bridgehead atoms. The Morgan fingerprint density at radius 2 is 1.45 bits per heavy atom. The van der Waals surface area contributed by atoms with E-state index >= 15 is 0 Å². The van der Waals surface area contributed by atoms with E-state index < -0.39 is 17.6 Å². The lowest BCUT2D eigenvalue weighted by Crippen LogP contribution is -2.41. The van der Waals surface area contributed by atoms with Crippen LogP contribution in [0.1, 0.15) is 18.5 Å². The van der Waals surface area contributed by atoms with Gasteiger partial charge in [0.25, 0.3) is 5.91 Å². The molecule has 0 unspecified atom stereocenters. The molecule has 0 aromatic heterocycles. The SMILES string of the molecule is COc1ccc(N2C(=O)[C@H]3ON(c4ccccc4)[C@H](c4ccccc4)[C@@]3(C)C2=O)cc1. The maximum Gasteiger partial charge on any atom is 0.266 e. The van der Waals surface area contributed by atoms with Gasteiger partial charge in [0.2, 0.25) is 5.91 Å². The minimum atomic E-state index is -1.09. The van der Waals surface area contributed by atoms with Gasteiger partial charge in [-0.25, -0.2) is 9.96 Å². The van der Waals surface area contributed by atoms with Crippen molar-refractivity contribution in [3.05, 3.63) is 90.5 Å². The van der Waals surface area contributed by atoms with Gasteiger partial charge in [-0.15, -0.1) is 0 Å². The third-order valence-electron chi connectivity index (χ3n) is 6.13. The van der Waals surface area contributed by atoms with Crippen LogP contribution in [-0.2, 0) is 14.4 Å². The van der Waals surface area contributed by atoms with Crippen LogP contribution in [-0.4, -0.2) is 25.0 Å². The van der Waals surface area contributed by atoms with E-state index in [0.717, 1.165) is 11.3 Å². The molecule has 2 fully saturated rings. The summed E-state index contributed by atoms with van der Waals surface area (Å²) in [4.78, 5) is 34.7. The molecule has 2 heterocycles. The zero-order valence-electron chi connectivity index (χ0n) is 17.3. The van der Waals surface area contributed by atoms with Gasteiger partial charge in [-0.1, -0.05) is 48.5 Å². The molecule has 3 atom stereocenters. The van der Waals surface area contributed by atoms with Gasteiger partial charge in [-0.3, -0.25) is 14.4 Å². The van der Waals surface area contributed by atoms with E-state index in [1.54, 1.807) is 36.4 Å². The summed E-state index contributed by atoms with van der Waals surface area (Å²) in [6, 6.07) is 25.7. The summed E-state index contributed by atoms with van der Waals surface area (Å²) >= 11 is 0. The van der Waals surface area contributed by atoms with Gasteiger partial charge in [-0.2, -0.15) is 0 Å². The van der Waals surface area contributed by atoms with E-state index in [9.17, 15) is 9.59 Å². The number of benzene rings is 3. The van der Waals surface area contributed by atoms with E-state index in [1.165, 1.54) is 4.90 Å². The molecule has 2 aliphatic heterocycles. The second kappa shape index (κ2) is 7.25. The minimum absolute atomic E-state index is 0.278. The number of fused-ring (bicyclic) bond motifs is 1. The number of hydroxylamine groups is 1. The maximum atomic E-state index is 13.8. The Kier molecular flexibility index (Phi) is 4.52. The van der Waals surface area contributed by atoms with Crippen molar-refractivity contribution in [2.24, 2.45) is 5.41 Å². The average molecular weight is 414 g/mol. The summed E-state index contributed by atoms with van der Waals surface area (Å²) in [5.74, 6) is 0.0138. The Bertz CT molecular complexity index is 1120. The fraction of sp³-hybridized carbons (Fsp3) is 0.200. The fourth-order valence-electron chi connectivity index (χ4n) is 4.54. The van der Waals surface area contributed by atoms with Gasteiger partial charge in [0.1, 0.15) is 11.2 Å². The maximum absolute atomic E-state index is 13.8. The van der Waals surface area contributed by atoms with Crippen LogP contribution in [0.3, 0.4) is 0 Å². The van der Waals surface area contributed by atoms with Crippen LogP contribution in [0, 0.1) is 5.41 Å². The first-order chi connectivity index (χ1) is 15.1. The van der Waals surface area contributed by atoms with Gasteiger partial charge in [0.15, 0.2) is 6.10 Å². The van der Waals surface area contributed by atoms with E-state index in [-0.39, 0.29) is 11.8 Å². The fourth-order valence-corrected chi connectivity index (χ4v) is 4.54. The molecule has 6 nitrogen and oxygen atoms in total. The number of ether oxygens (including phenoxy) is 1. The van der Waals surface area contributed by atoms with Crippen molar-refractivity contribution in [2.75, 3.05) is 17.1 Å². The van der Waals surface area contributed by atoms with Gasteiger partial charge >= 0.3 is 0 Å². The number of carbonyl (C=O) groups excluding carboxylic acids is 2. The van der Waals surface area contributed by atoms with Crippen molar-refractivity contribution in [3.63, 3.8) is 0 Å². The van der Waals surface area contributed by atoms with Crippen LogP contribution in [0.15, 0.2) is 84.9 Å². The topological polar surface area (TPSA) is 59.1 Å². The van der Waals surface area contributed by atoms with Crippen LogP contribution in [0.2, 0.25) is 0 Å². The number of hydrogen-bond donors (Lipinski definition) is 0. The Hall–Kier alpha value is -3.64. The summed E-state index contributed by atoms with van der Waals surface area (Å²) in [5, 5.41) is 1.71. The molecule has 6 heteroatoms. The van der Waals surface area contributed by atoms with Crippen molar-refractivity contribution in [1.82, 2.24) is 0 Å². The molecule has 0 aliphatic carbocycles. The van der Waals surface area contributed by atoms with Crippen LogP contribution in [0.5, 0.6) is 5.75 Å². The quantitative estimate of drug-likeness (QED) is 0.601. The second-order valence-corrected chi connectivity index (χ2v) is 7.92. The highest BCUT2D eigenvalue weighted by Gasteiger charge is 2.68. The number of nitrogens with zero attached hydrogens (tertiary/aromatic N) is 2. The van der Waals surface area contributed by atoms with Crippen molar-refractivity contribution in [1.29, 1.82) is 0 Å². The lowest BCUT2D eigenvalue weighted by atomic mass is 9.76. The summed E-state index contributed by atoms with van der Waals surface area (Å²) in [5.41, 5.74) is 1.12. The van der Waals surface area contributed by atoms with E-state index in [2.05, 4.69) is 0 Å². The first-order valence-corrected chi connectivity index (χ1v) is 10.1. The zero-order valence-corrected chi connectivity index (χ0v) is 17.3. The second-order valence-electron chi connectivity index (χ2n) is 7.92. The third kappa shape index (κ3) is 2.83. The number of carbonyl (C=O) groups is 2. The number of amides is 2. The van der Waals surface area contributed by atoms with Gasteiger partial charge in [-0.05, 0) is 48.9 Å². The number of hydrogen-bond acceptors (Lipinski definition) is 5. The molecule has 5 rings (SSSR count). The normalized spacial score (nSPS) is 25.1. The molecule has 0 spiro atoms. The highest BCUT2D eigenvalue weighted by atomic mass is 16.7. The number of anilines is 2. The smallest absolute Gasteiger partial charge is 0.266 e. The van der Waals surface area contributed by atoms with Crippen molar-refractivity contribution in [2.45, 2.75) is 19.1 Å². The summed E-state index contributed by atoms with van der Waals surface area (Å²) in [6.07, 6.45) is -0.924.